The van der Waals surface area contributed by atoms with Gasteiger partial charge in [0.25, 0.3) is 0 Å². The van der Waals surface area contributed by atoms with Crippen LogP contribution in [0.2, 0.25) is 0 Å². The van der Waals surface area contributed by atoms with Crippen LogP contribution in [0.25, 0.3) is 10.6 Å². The van der Waals surface area contributed by atoms with Crippen molar-refractivity contribution in [3.05, 3.63) is 40.7 Å². The monoisotopic (exact) mass is 275 g/mol. The fraction of sp³-hybridized carbons (Fsp3) is 0.0909. The van der Waals surface area contributed by atoms with E-state index >= 15 is 0 Å². The summed E-state index contributed by atoms with van der Waals surface area (Å²) in [7, 11) is 0. The van der Waals surface area contributed by atoms with Gasteiger partial charge in [0.2, 0.25) is 0 Å². The van der Waals surface area contributed by atoms with Gasteiger partial charge in [-0.3, -0.25) is 4.79 Å². The molecule has 0 aliphatic carbocycles. The third kappa shape index (κ3) is 2.56. The number of hydrogen-bond donors (Lipinski definition) is 0. The molecule has 1 aromatic heterocycles. The van der Waals surface area contributed by atoms with Crippen molar-refractivity contribution in [3.63, 3.8) is 0 Å². The van der Waals surface area contributed by atoms with E-state index in [0.29, 0.717) is 12.4 Å². The number of nitrogens with zero attached hydrogens (tertiary/aromatic N) is 1. The normalized spacial score (nSPS) is 11.6. The van der Waals surface area contributed by atoms with E-state index in [0.717, 1.165) is 23.5 Å². The molecule has 0 bridgehead atoms. The average molecular weight is 275 g/mol. The number of hydrogen-bond acceptors (Lipinski definition) is 3. The Morgan fingerprint density at radius 1 is 1.22 bits per heavy atom. The van der Waals surface area contributed by atoms with Crippen molar-refractivity contribution in [3.8, 4) is 10.6 Å². The molecule has 0 saturated carbocycles. The van der Waals surface area contributed by atoms with Gasteiger partial charge in [0, 0.05) is 11.8 Å². The maximum atomic E-state index is 13.1. The molecule has 2 nitrogen and oxygen atoms in total. The van der Waals surface area contributed by atoms with Crippen LogP contribution in [0.15, 0.2) is 24.4 Å². The highest BCUT2D eigenvalue weighted by Gasteiger charge is 2.31. The molecule has 0 unspecified atom stereocenters. The molecule has 94 valence electrons. The zero-order valence-electron chi connectivity index (χ0n) is 8.66. The fourth-order valence-electron chi connectivity index (χ4n) is 1.35. The summed E-state index contributed by atoms with van der Waals surface area (Å²) in [6.07, 6.45) is -2.86. The van der Waals surface area contributed by atoms with Gasteiger partial charge in [0.05, 0.1) is 10.4 Å². The molecular weight excluding hydrogens is 270 g/mol. The Hall–Kier alpha value is -1.76. The minimum atomic E-state index is -4.62. The number of carbonyl (C=O) groups is 1. The first-order valence-corrected chi connectivity index (χ1v) is 5.51. The third-order valence-electron chi connectivity index (χ3n) is 2.11. The van der Waals surface area contributed by atoms with Crippen LogP contribution >= 0.6 is 11.3 Å². The zero-order valence-corrected chi connectivity index (χ0v) is 9.48. The van der Waals surface area contributed by atoms with Crippen molar-refractivity contribution in [2.75, 3.05) is 0 Å². The number of benzene rings is 1. The van der Waals surface area contributed by atoms with Crippen molar-refractivity contribution >= 4 is 17.6 Å². The Morgan fingerprint density at radius 3 is 2.50 bits per heavy atom. The van der Waals surface area contributed by atoms with Gasteiger partial charge in [-0.1, -0.05) is 0 Å². The predicted molar refractivity (Wildman–Crippen MR) is 57.9 cm³/mol. The molecule has 18 heavy (non-hydrogen) atoms. The molecule has 1 heterocycles. The van der Waals surface area contributed by atoms with Gasteiger partial charge in [-0.05, 0) is 18.2 Å². The molecule has 0 atom stereocenters. The van der Waals surface area contributed by atoms with Crippen molar-refractivity contribution in [1.29, 1.82) is 0 Å². The first kappa shape index (κ1) is 12.7. The maximum Gasteiger partial charge on any atom is 0.416 e. The lowest BCUT2D eigenvalue weighted by Crippen LogP contribution is -2.05. The summed E-state index contributed by atoms with van der Waals surface area (Å²) in [6, 6.07) is 2.16. The van der Waals surface area contributed by atoms with Crippen LogP contribution in [0.1, 0.15) is 15.2 Å². The summed E-state index contributed by atoms with van der Waals surface area (Å²) in [5, 5.41) is 0.169. The second-order valence-electron chi connectivity index (χ2n) is 3.41. The van der Waals surface area contributed by atoms with Crippen LogP contribution < -0.4 is 0 Å². The fourth-order valence-corrected chi connectivity index (χ4v) is 2.07. The first-order valence-electron chi connectivity index (χ1n) is 4.69. The summed E-state index contributed by atoms with van der Waals surface area (Å²) < 4.78 is 50.6. The van der Waals surface area contributed by atoms with Crippen molar-refractivity contribution in [2.45, 2.75) is 6.18 Å². The van der Waals surface area contributed by atoms with Gasteiger partial charge in [0.1, 0.15) is 10.8 Å². The Balaban J connectivity index is 2.51. The smallest absolute Gasteiger partial charge is 0.297 e. The van der Waals surface area contributed by atoms with Crippen LogP contribution in [0.5, 0.6) is 0 Å². The molecule has 0 aliphatic rings. The number of aldehydes is 1. The maximum absolute atomic E-state index is 13.1. The van der Waals surface area contributed by atoms with Gasteiger partial charge < -0.3 is 0 Å². The zero-order chi connectivity index (χ0) is 13.3. The molecule has 7 heteroatoms. The lowest BCUT2D eigenvalue weighted by Gasteiger charge is -2.08. The SMILES string of the molecule is O=Cc1cnc(-c2cc(F)cc(C(F)(F)F)c2)s1. The minimum Gasteiger partial charge on any atom is -0.297 e. The van der Waals surface area contributed by atoms with Crippen molar-refractivity contribution < 1.29 is 22.4 Å². The van der Waals surface area contributed by atoms with Gasteiger partial charge in [0.15, 0.2) is 6.29 Å². The van der Waals surface area contributed by atoms with E-state index < -0.39 is 17.6 Å². The highest BCUT2D eigenvalue weighted by atomic mass is 32.1. The molecule has 0 saturated heterocycles. The molecule has 0 amide bonds. The Bertz CT molecular complexity index is 591. The number of thiazole rings is 1. The quantitative estimate of drug-likeness (QED) is 0.616. The average Bonchev–Trinajstić information content (AvgIpc) is 2.75. The second-order valence-corrected chi connectivity index (χ2v) is 4.47. The van der Waals surface area contributed by atoms with E-state index in [2.05, 4.69) is 4.98 Å². The van der Waals surface area contributed by atoms with E-state index in [1.54, 1.807) is 0 Å². The Morgan fingerprint density at radius 2 is 1.94 bits per heavy atom. The van der Waals surface area contributed by atoms with Crippen molar-refractivity contribution in [2.24, 2.45) is 0 Å². The number of carbonyl (C=O) groups excluding carboxylic acids is 1. The summed E-state index contributed by atoms with van der Waals surface area (Å²) in [5.41, 5.74) is -1.08. The molecular formula is C11H5F4NOS. The first-order chi connectivity index (χ1) is 8.40. The molecule has 2 rings (SSSR count). The molecule has 0 N–H and O–H groups in total. The minimum absolute atomic E-state index is 0.000394. The van der Waals surface area contributed by atoms with E-state index in [-0.39, 0.29) is 15.4 Å². The van der Waals surface area contributed by atoms with Gasteiger partial charge >= 0.3 is 6.18 Å². The van der Waals surface area contributed by atoms with Crippen LogP contribution in [0.3, 0.4) is 0 Å². The van der Waals surface area contributed by atoms with Crippen LogP contribution in [0.4, 0.5) is 17.6 Å². The van der Waals surface area contributed by atoms with Crippen LogP contribution in [-0.2, 0) is 6.18 Å². The molecule has 0 aliphatic heterocycles. The largest absolute Gasteiger partial charge is 0.416 e. The second kappa shape index (κ2) is 4.49. The standard InChI is InChI=1S/C11H5F4NOS/c12-8-2-6(1-7(3-8)11(13,14)15)10-16-4-9(5-17)18-10/h1-5H. The van der Waals surface area contributed by atoms with Crippen molar-refractivity contribution in [1.82, 2.24) is 4.98 Å². The van der Waals surface area contributed by atoms with Crippen LogP contribution in [0, 0.1) is 5.82 Å². The number of aromatic nitrogens is 1. The van der Waals surface area contributed by atoms with E-state index in [1.807, 2.05) is 0 Å². The lowest BCUT2D eigenvalue weighted by atomic mass is 10.1. The number of halogens is 4. The topological polar surface area (TPSA) is 30.0 Å². The van der Waals surface area contributed by atoms with Gasteiger partial charge in [-0.15, -0.1) is 11.3 Å². The molecule has 0 spiro atoms. The Kier molecular flexibility index (Phi) is 3.16. The van der Waals surface area contributed by atoms with Gasteiger partial charge in [-0.2, -0.15) is 13.2 Å². The molecule has 1 aromatic carbocycles. The van der Waals surface area contributed by atoms with E-state index in [1.165, 1.54) is 6.20 Å². The Labute approximate surface area is 103 Å². The van der Waals surface area contributed by atoms with E-state index in [4.69, 9.17) is 0 Å². The van der Waals surface area contributed by atoms with Crippen LogP contribution in [-0.4, -0.2) is 11.3 Å². The molecule has 0 fully saturated rings. The highest BCUT2D eigenvalue weighted by Crippen LogP contribution is 2.34. The molecule has 0 radical (unpaired) electrons. The summed E-state index contributed by atoms with van der Waals surface area (Å²) in [6.45, 7) is 0. The highest BCUT2D eigenvalue weighted by molar-refractivity contribution is 7.16. The number of alkyl halides is 3. The summed E-state index contributed by atoms with van der Waals surface area (Å²) in [4.78, 5) is 14.5. The third-order valence-corrected chi connectivity index (χ3v) is 3.08. The number of rotatable bonds is 2. The summed E-state index contributed by atoms with van der Waals surface area (Å²) >= 11 is 0.901. The van der Waals surface area contributed by atoms with Gasteiger partial charge in [-0.25, -0.2) is 9.37 Å². The summed E-state index contributed by atoms with van der Waals surface area (Å²) in [5.74, 6) is -0.998. The molecule has 2 aromatic rings. The lowest BCUT2D eigenvalue weighted by molar-refractivity contribution is -0.137. The van der Waals surface area contributed by atoms with E-state index in [9.17, 15) is 22.4 Å². The predicted octanol–water partition coefficient (Wildman–Crippen LogP) is 3.78.